The maximum absolute atomic E-state index is 12.6. The van der Waals surface area contributed by atoms with E-state index in [9.17, 15) is 9.59 Å². The molecule has 2 fully saturated rings. The number of hydrogen-bond acceptors (Lipinski definition) is 2. The lowest BCUT2D eigenvalue weighted by atomic mass is 9.82. The van der Waals surface area contributed by atoms with Crippen LogP contribution in [-0.2, 0) is 24.2 Å². The Hall–Kier alpha value is -1.58. The van der Waals surface area contributed by atoms with Crippen molar-refractivity contribution < 1.29 is 4.79 Å². The minimum Gasteiger partial charge on any atom is -0.353 e. The Labute approximate surface area is 150 Å². The van der Waals surface area contributed by atoms with Crippen molar-refractivity contribution in [3.8, 4) is 0 Å². The topological polar surface area (TPSA) is 51.1 Å². The summed E-state index contributed by atoms with van der Waals surface area (Å²) in [5.41, 5.74) is 2.62. The van der Waals surface area contributed by atoms with Gasteiger partial charge in [-0.2, -0.15) is 0 Å². The van der Waals surface area contributed by atoms with Crippen LogP contribution in [0.15, 0.2) is 16.9 Å². The second-order valence-electron chi connectivity index (χ2n) is 8.60. The van der Waals surface area contributed by atoms with Gasteiger partial charge in [-0.25, -0.2) is 0 Å². The molecule has 0 bridgehead atoms. The molecule has 1 N–H and O–H groups in total. The molecule has 0 aromatic carbocycles. The van der Waals surface area contributed by atoms with Crippen LogP contribution in [-0.4, -0.2) is 16.5 Å². The van der Waals surface area contributed by atoms with E-state index in [1.807, 2.05) is 10.6 Å². The van der Waals surface area contributed by atoms with Crippen molar-refractivity contribution in [2.24, 2.45) is 17.8 Å². The van der Waals surface area contributed by atoms with Gasteiger partial charge in [-0.05, 0) is 75.2 Å². The zero-order chi connectivity index (χ0) is 17.4. The Bertz CT molecular complexity index is 696. The first-order valence-electron chi connectivity index (χ1n) is 10.1. The first-order valence-corrected chi connectivity index (χ1v) is 10.1. The minimum atomic E-state index is 0.143. The number of rotatable bonds is 4. The van der Waals surface area contributed by atoms with E-state index in [2.05, 4.69) is 12.2 Å². The third kappa shape index (κ3) is 3.83. The molecule has 0 radical (unpaired) electrons. The fourth-order valence-corrected chi connectivity index (χ4v) is 4.55. The predicted octanol–water partition coefficient (Wildman–Crippen LogP) is 3.06. The van der Waals surface area contributed by atoms with E-state index in [1.165, 1.54) is 36.9 Å². The van der Waals surface area contributed by atoms with Crippen molar-refractivity contribution in [1.82, 2.24) is 9.88 Å². The lowest BCUT2D eigenvalue weighted by Crippen LogP contribution is -2.43. The summed E-state index contributed by atoms with van der Waals surface area (Å²) >= 11 is 0. The van der Waals surface area contributed by atoms with Gasteiger partial charge in [0.2, 0.25) is 5.91 Å². The van der Waals surface area contributed by atoms with Gasteiger partial charge in [0, 0.05) is 30.3 Å². The average molecular weight is 342 g/mol. The van der Waals surface area contributed by atoms with E-state index in [-0.39, 0.29) is 23.4 Å². The number of amides is 1. The van der Waals surface area contributed by atoms with E-state index in [4.69, 9.17) is 0 Å². The summed E-state index contributed by atoms with van der Waals surface area (Å²) in [7, 11) is 0. The summed E-state index contributed by atoms with van der Waals surface area (Å²) in [6.07, 6.45) is 9.69. The Morgan fingerprint density at radius 3 is 2.60 bits per heavy atom. The molecular formula is C21H30N2O2. The summed E-state index contributed by atoms with van der Waals surface area (Å²) in [5, 5.41) is 3.31. The molecule has 4 nitrogen and oxygen atoms in total. The third-order valence-corrected chi connectivity index (χ3v) is 6.46. The Morgan fingerprint density at radius 1 is 1.12 bits per heavy atom. The second kappa shape index (κ2) is 6.97. The number of fused-ring (bicyclic) bond motifs is 1. The highest BCUT2D eigenvalue weighted by atomic mass is 16.2. The number of nitrogens with zero attached hydrogens (tertiary/aromatic N) is 1. The van der Waals surface area contributed by atoms with Crippen LogP contribution in [0, 0.1) is 17.8 Å². The molecule has 0 aliphatic heterocycles. The molecule has 0 saturated heterocycles. The number of hydrogen-bond donors (Lipinski definition) is 1. The fourth-order valence-electron chi connectivity index (χ4n) is 4.55. The maximum atomic E-state index is 12.6. The predicted molar refractivity (Wildman–Crippen MR) is 98.5 cm³/mol. The van der Waals surface area contributed by atoms with E-state index in [0.717, 1.165) is 44.6 Å². The van der Waals surface area contributed by atoms with Gasteiger partial charge in [-0.3, -0.25) is 9.59 Å². The molecule has 1 aromatic rings. The van der Waals surface area contributed by atoms with Gasteiger partial charge in [0.25, 0.3) is 5.56 Å². The third-order valence-electron chi connectivity index (χ3n) is 6.46. The molecule has 3 aliphatic carbocycles. The summed E-state index contributed by atoms with van der Waals surface area (Å²) in [5.74, 6) is 1.94. The SMILES string of the molecule is CC1CCC(C(=O)N[C@@H]2CCc3c(ccc(=O)n3CC3CC3)C2)CC1. The normalized spacial score (nSPS) is 29.1. The molecule has 136 valence electrons. The molecule has 1 amide bonds. The summed E-state index contributed by atoms with van der Waals surface area (Å²) < 4.78 is 2.01. The largest absolute Gasteiger partial charge is 0.353 e. The standard InChI is InChI=1S/C21H30N2O2/c1-14-2-6-16(7-3-14)21(25)22-18-9-10-19-17(12-18)8-11-20(24)23(19)13-15-4-5-15/h8,11,14-16,18H,2-7,9-10,12-13H2,1H3,(H,22,25)/t14?,16?,18-/m1/s1. The lowest BCUT2D eigenvalue weighted by Gasteiger charge is -2.31. The molecule has 1 aromatic heterocycles. The molecule has 1 atom stereocenters. The first kappa shape index (κ1) is 16.9. The summed E-state index contributed by atoms with van der Waals surface area (Å²) in [6, 6.07) is 3.93. The Morgan fingerprint density at radius 2 is 1.88 bits per heavy atom. The summed E-state index contributed by atoms with van der Waals surface area (Å²) in [4.78, 5) is 24.8. The van der Waals surface area contributed by atoms with Crippen LogP contribution in [0.2, 0.25) is 0 Å². The zero-order valence-corrected chi connectivity index (χ0v) is 15.3. The number of carbonyl (C=O) groups is 1. The van der Waals surface area contributed by atoms with Crippen LogP contribution in [0.25, 0.3) is 0 Å². The van der Waals surface area contributed by atoms with Crippen molar-refractivity contribution in [2.75, 3.05) is 0 Å². The minimum absolute atomic E-state index is 0.143. The molecule has 25 heavy (non-hydrogen) atoms. The van der Waals surface area contributed by atoms with Crippen LogP contribution in [0.1, 0.15) is 63.1 Å². The monoisotopic (exact) mass is 342 g/mol. The molecular weight excluding hydrogens is 312 g/mol. The van der Waals surface area contributed by atoms with Gasteiger partial charge < -0.3 is 9.88 Å². The van der Waals surface area contributed by atoms with Gasteiger partial charge in [-0.1, -0.05) is 13.0 Å². The van der Waals surface area contributed by atoms with E-state index >= 15 is 0 Å². The fraction of sp³-hybridized carbons (Fsp3) is 0.714. The number of pyridine rings is 1. The highest BCUT2D eigenvalue weighted by molar-refractivity contribution is 5.79. The van der Waals surface area contributed by atoms with Crippen molar-refractivity contribution in [1.29, 1.82) is 0 Å². The van der Waals surface area contributed by atoms with E-state index < -0.39 is 0 Å². The Balaban J connectivity index is 1.41. The van der Waals surface area contributed by atoms with Gasteiger partial charge in [0.05, 0.1) is 0 Å². The summed E-state index contributed by atoms with van der Waals surface area (Å²) in [6.45, 7) is 3.17. The Kier molecular flexibility index (Phi) is 4.70. The van der Waals surface area contributed by atoms with E-state index in [1.54, 1.807) is 6.07 Å². The van der Waals surface area contributed by atoms with Crippen LogP contribution in [0.5, 0.6) is 0 Å². The van der Waals surface area contributed by atoms with Crippen molar-refractivity contribution in [3.63, 3.8) is 0 Å². The van der Waals surface area contributed by atoms with Crippen LogP contribution in [0.4, 0.5) is 0 Å². The van der Waals surface area contributed by atoms with Gasteiger partial charge >= 0.3 is 0 Å². The number of carbonyl (C=O) groups excluding carboxylic acids is 1. The molecule has 0 unspecified atom stereocenters. The van der Waals surface area contributed by atoms with Crippen molar-refractivity contribution >= 4 is 5.91 Å². The maximum Gasteiger partial charge on any atom is 0.250 e. The highest BCUT2D eigenvalue weighted by Crippen LogP contribution is 2.32. The van der Waals surface area contributed by atoms with E-state index in [0.29, 0.717) is 5.92 Å². The van der Waals surface area contributed by atoms with Crippen LogP contribution < -0.4 is 10.9 Å². The molecule has 1 heterocycles. The zero-order valence-electron chi connectivity index (χ0n) is 15.3. The van der Waals surface area contributed by atoms with Crippen molar-refractivity contribution in [3.05, 3.63) is 33.7 Å². The van der Waals surface area contributed by atoms with Gasteiger partial charge in [0.1, 0.15) is 0 Å². The first-order chi connectivity index (χ1) is 12.1. The molecule has 3 aliphatic rings. The lowest BCUT2D eigenvalue weighted by molar-refractivity contribution is -0.127. The molecule has 0 spiro atoms. The smallest absolute Gasteiger partial charge is 0.250 e. The van der Waals surface area contributed by atoms with Crippen LogP contribution in [0.3, 0.4) is 0 Å². The highest BCUT2D eigenvalue weighted by Gasteiger charge is 2.29. The van der Waals surface area contributed by atoms with Crippen molar-refractivity contribution in [2.45, 2.75) is 77.3 Å². The van der Waals surface area contributed by atoms with Crippen LogP contribution >= 0.6 is 0 Å². The number of aromatic nitrogens is 1. The molecule has 4 rings (SSSR count). The van der Waals surface area contributed by atoms with Gasteiger partial charge in [-0.15, -0.1) is 0 Å². The molecule has 2 saturated carbocycles. The average Bonchev–Trinajstić information content (AvgIpc) is 3.42. The quantitative estimate of drug-likeness (QED) is 0.914. The second-order valence-corrected chi connectivity index (χ2v) is 8.60. The number of nitrogens with one attached hydrogen (secondary N) is 1. The van der Waals surface area contributed by atoms with Gasteiger partial charge in [0.15, 0.2) is 0 Å². The molecule has 4 heteroatoms.